The summed E-state index contributed by atoms with van der Waals surface area (Å²) >= 11 is 19.5. The Kier molecular flexibility index (Phi) is 10.0. The molecule has 0 radical (unpaired) electrons. The van der Waals surface area contributed by atoms with Crippen molar-refractivity contribution in [1.82, 2.24) is 0 Å². The minimum atomic E-state index is -0.735. The van der Waals surface area contributed by atoms with Crippen molar-refractivity contribution in [3.05, 3.63) is 139 Å². The maximum atomic E-state index is 14.0. The monoisotopic (exact) mass is 740 g/mol. The van der Waals surface area contributed by atoms with Crippen LogP contribution < -0.4 is 15.1 Å². The minimum absolute atomic E-state index is 0.0926. The van der Waals surface area contributed by atoms with Crippen LogP contribution in [-0.2, 0) is 14.4 Å². The second-order valence-corrected chi connectivity index (χ2v) is 13.6. The Morgan fingerprint density at radius 1 is 0.840 bits per heavy atom. The number of nitro benzene ring substituents is 1. The fourth-order valence-electron chi connectivity index (χ4n) is 5.29. The van der Waals surface area contributed by atoms with Crippen LogP contribution in [0.2, 0.25) is 10.0 Å². The van der Waals surface area contributed by atoms with Gasteiger partial charge in [-0.1, -0.05) is 71.7 Å². The molecule has 1 saturated heterocycles. The number of hydrogen-bond donors (Lipinski definition) is 1. The number of halogens is 2. The maximum Gasteiger partial charge on any atom is 0.283 e. The second kappa shape index (κ2) is 14.4. The van der Waals surface area contributed by atoms with Gasteiger partial charge in [0.15, 0.2) is 5.11 Å². The zero-order chi connectivity index (χ0) is 35.7. The Morgan fingerprint density at radius 3 is 2.02 bits per heavy atom. The predicted octanol–water partition coefficient (Wildman–Crippen LogP) is 9.15. The lowest BCUT2D eigenvalue weighted by molar-refractivity contribution is -0.387. The predicted molar refractivity (Wildman–Crippen MR) is 204 cm³/mol. The molecule has 0 unspecified atom stereocenters. The minimum Gasteiger partial charge on any atom is -0.325 e. The third-order valence-electron chi connectivity index (χ3n) is 7.96. The SMILES string of the molecule is Cc1ccc(N2C(=O)C(=Cc3ccc(SCC(=O)Nc4ccc5ccccc5c4)c([N+](=O)[O-])c3)C(=O)N(c3ccc(C)c(Cl)c3)C2=S)cc1Cl. The molecule has 5 aromatic carbocycles. The number of nitrogens with one attached hydrogen (secondary N) is 1. The molecule has 0 bridgehead atoms. The van der Waals surface area contributed by atoms with Gasteiger partial charge in [0, 0.05) is 21.8 Å². The summed E-state index contributed by atoms with van der Waals surface area (Å²) in [5.41, 5.74) is 2.45. The number of hydrogen-bond acceptors (Lipinski definition) is 7. The molecule has 250 valence electrons. The van der Waals surface area contributed by atoms with E-state index in [4.69, 9.17) is 35.4 Å². The quantitative estimate of drug-likeness (QED) is 0.0422. The summed E-state index contributed by atoms with van der Waals surface area (Å²) in [4.78, 5) is 55.0. The molecule has 0 saturated carbocycles. The molecule has 13 heteroatoms. The number of anilines is 3. The van der Waals surface area contributed by atoms with Crippen LogP contribution in [0.1, 0.15) is 16.7 Å². The topological polar surface area (TPSA) is 113 Å². The van der Waals surface area contributed by atoms with Crippen molar-refractivity contribution < 1.29 is 19.3 Å². The van der Waals surface area contributed by atoms with E-state index in [1.807, 2.05) is 50.2 Å². The van der Waals surface area contributed by atoms with Crippen LogP contribution in [0.3, 0.4) is 0 Å². The Morgan fingerprint density at radius 2 is 1.44 bits per heavy atom. The first-order valence-electron chi connectivity index (χ1n) is 15.1. The van der Waals surface area contributed by atoms with Crippen molar-refractivity contribution in [3.8, 4) is 0 Å². The number of thioether (sulfide) groups is 1. The van der Waals surface area contributed by atoms with Gasteiger partial charge in [0.05, 0.1) is 26.9 Å². The summed E-state index contributed by atoms with van der Waals surface area (Å²) in [6.45, 7) is 3.62. The summed E-state index contributed by atoms with van der Waals surface area (Å²) in [6.07, 6.45) is 1.28. The van der Waals surface area contributed by atoms with Gasteiger partial charge >= 0.3 is 0 Å². The number of aryl methyl sites for hydroxylation is 2. The van der Waals surface area contributed by atoms with E-state index in [0.717, 1.165) is 33.7 Å². The number of carbonyl (C=O) groups is 3. The second-order valence-electron chi connectivity index (χ2n) is 11.4. The molecule has 1 fully saturated rings. The first-order valence-corrected chi connectivity index (χ1v) is 17.2. The van der Waals surface area contributed by atoms with E-state index >= 15 is 0 Å². The van der Waals surface area contributed by atoms with Crippen molar-refractivity contribution in [2.24, 2.45) is 0 Å². The van der Waals surface area contributed by atoms with Crippen LogP contribution in [0.5, 0.6) is 0 Å². The normalized spacial score (nSPS) is 13.2. The average molecular weight is 742 g/mol. The van der Waals surface area contributed by atoms with Crippen LogP contribution >= 0.6 is 47.2 Å². The zero-order valence-corrected chi connectivity index (χ0v) is 29.6. The summed E-state index contributed by atoms with van der Waals surface area (Å²) in [6, 6.07) is 27.5. The fraction of sp³-hybridized carbons (Fsp3) is 0.0811. The van der Waals surface area contributed by atoms with E-state index in [0.29, 0.717) is 27.1 Å². The van der Waals surface area contributed by atoms with Gasteiger partial charge in [0.2, 0.25) is 5.91 Å². The number of benzene rings is 5. The molecule has 3 amide bonds. The molecular weight excluding hydrogens is 715 g/mol. The number of carbonyl (C=O) groups excluding carboxylic acids is 3. The van der Waals surface area contributed by atoms with E-state index in [2.05, 4.69) is 5.32 Å². The molecule has 5 aromatic rings. The molecule has 0 atom stereocenters. The van der Waals surface area contributed by atoms with Gasteiger partial charge in [-0.05, 0) is 102 Å². The molecule has 0 spiro atoms. The van der Waals surface area contributed by atoms with E-state index in [1.165, 1.54) is 34.1 Å². The molecule has 9 nitrogen and oxygen atoms in total. The van der Waals surface area contributed by atoms with Crippen LogP contribution in [0, 0.1) is 24.0 Å². The first kappa shape index (κ1) is 34.8. The number of fused-ring (bicyclic) bond motifs is 1. The Labute approximate surface area is 306 Å². The maximum absolute atomic E-state index is 14.0. The van der Waals surface area contributed by atoms with Crippen molar-refractivity contribution in [1.29, 1.82) is 0 Å². The molecule has 0 aliphatic carbocycles. The number of nitrogens with zero attached hydrogens (tertiary/aromatic N) is 3. The van der Waals surface area contributed by atoms with Gasteiger partial charge in [0.1, 0.15) is 5.57 Å². The van der Waals surface area contributed by atoms with E-state index in [1.54, 1.807) is 42.5 Å². The summed E-state index contributed by atoms with van der Waals surface area (Å²) < 4.78 is 0. The molecule has 1 N–H and O–H groups in total. The Balaban J connectivity index is 1.30. The summed E-state index contributed by atoms with van der Waals surface area (Å²) in [5.74, 6) is -1.90. The van der Waals surface area contributed by atoms with E-state index in [9.17, 15) is 24.5 Å². The number of thiocarbonyl (C=S) groups is 1. The largest absolute Gasteiger partial charge is 0.325 e. The van der Waals surface area contributed by atoms with E-state index < -0.39 is 16.7 Å². The lowest BCUT2D eigenvalue weighted by Gasteiger charge is -2.36. The summed E-state index contributed by atoms with van der Waals surface area (Å²) in [7, 11) is 0. The number of amides is 3. The van der Waals surface area contributed by atoms with Crippen LogP contribution in [0.15, 0.2) is 108 Å². The highest BCUT2D eigenvalue weighted by atomic mass is 35.5. The highest BCUT2D eigenvalue weighted by molar-refractivity contribution is 8.00. The highest BCUT2D eigenvalue weighted by Crippen LogP contribution is 2.35. The van der Waals surface area contributed by atoms with Gasteiger partial charge in [0.25, 0.3) is 17.5 Å². The van der Waals surface area contributed by atoms with Crippen molar-refractivity contribution in [2.75, 3.05) is 20.9 Å². The highest BCUT2D eigenvalue weighted by Gasteiger charge is 2.41. The van der Waals surface area contributed by atoms with Crippen LogP contribution in [0.4, 0.5) is 22.7 Å². The molecule has 6 rings (SSSR count). The van der Waals surface area contributed by atoms with Gasteiger partial charge in [-0.25, -0.2) is 0 Å². The van der Waals surface area contributed by atoms with Gasteiger partial charge < -0.3 is 5.32 Å². The first-order chi connectivity index (χ1) is 23.9. The van der Waals surface area contributed by atoms with E-state index in [-0.39, 0.29) is 38.5 Å². The molecule has 1 aliphatic rings. The standard InChI is InChI=1S/C37H26Cl2N4O5S2/c1-21-7-12-27(18-30(21)38)41-35(45)29(36(46)42(37(41)49)28-13-8-22(2)31(39)19-28)15-23-9-14-33(32(16-23)43(47)48)50-20-34(44)40-26-11-10-24-5-3-4-6-25(24)17-26/h3-19H,20H2,1-2H3,(H,40,44). The number of nitro groups is 1. The lowest BCUT2D eigenvalue weighted by Crippen LogP contribution is -2.57. The summed E-state index contributed by atoms with van der Waals surface area (Å²) in [5, 5.41) is 17.7. The molecule has 50 heavy (non-hydrogen) atoms. The van der Waals surface area contributed by atoms with Crippen molar-refractivity contribution >= 4 is 110 Å². The van der Waals surface area contributed by atoms with Gasteiger partial charge in [-0.2, -0.15) is 0 Å². The van der Waals surface area contributed by atoms with Crippen molar-refractivity contribution in [2.45, 2.75) is 18.7 Å². The smallest absolute Gasteiger partial charge is 0.283 e. The Bertz CT molecular complexity index is 2220. The molecule has 1 aliphatic heterocycles. The van der Waals surface area contributed by atoms with Crippen molar-refractivity contribution in [3.63, 3.8) is 0 Å². The Hall–Kier alpha value is -5.07. The average Bonchev–Trinajstić information content (AvgIpc) is 3.09. The molecular formula is C37H26Cl2N4O5S2. The van der Waals surface area contributed by atoms with Crippen LogP contribution in [0.25, 0.3) is 16.8 Å². The third-order valence-corrected chi connectivity index (χ3v) is 10.2. The van der Waals surface area contributed by atoms with Gasteiger partial charge in [-0.3, -0.25) is 34.3 Å². The molecule has 0 aromatic heterocycles. The molecule has 1 heterocycles. The van der Waals surface area contributed by atoms with Gasteiger partial charge in [-0.15, -0.1) is 11.8 Å². The third kappa shape index (κ3) is 7.12. The van der Waals surface area contributed by atoms with Crippen LogP contribution in [-0.4, -0.2) is 33.5 Å². The zero-order valence-electron chi connectivity index (χ0n) is 26.5. The lowest BCUT2D eigenvalue weighted by atomic mass is 10.0. The number of rotatable bonds is 8. The fourth-order valence-corrected chi connectivity index (χ4v) is 6.82.